The number of likely N-dealkylation sites (tertiary alicyclic amines) is 1. The number of imidazole rings is 1. The number of carbonyl (C=O) groups excluding carboxylic acids is 2. The van der Waals surface area contributed by atoms with Crippen LogP contribution in [-0.4, -0.2) is 51.0 Å². The monoisotopic (exact) mass is 451 g/mol. The molecule has 0 aliphatic carbocycles. The van der Waals surface area contributed by atoms with Crippen molar-refractivity contribution in [3.05, 3.63) is 70.4 Å². The number of rotatable bonds is 6. The first kappa shape index (κ1) is 20.3. The summed E-state index contributed by atoms with van der Waals surface area (Å²) in [6.45, 7) is 1.92. The van der Waals surface area contributed by atoms with Crippen molar-refractivity contribution in [2.45, 2.75) is 19.0 Å². The second-order valence-corrected chi connectivity index (χ2v) is 8.50. The first-order valence-corrected chi connectivity index (χ1v) is 11.2. The molecule has 3 aromatic rings. The molecule has 0 spiro atoms. The third-order valence-corrected chi connectivity index (χ3v) is 6.47. The summed E-state index contributed by atoms with van der Waals surface area (Å²) in [6.07, 6.45) is 5.92. The molecule has 2 aromatic heterocycles. The van der Waals surface area contributed by atoms with Gasteiger partial charge in [-0.15, -0.1) is 11.3 Å². The number of aromatic nitrogens is 2. The molecule has 0 bridgehead atoms. The number of amides is 1. The van der Waals surface area contributed by atoms with Crippen molar-refractivity contribution in [1.82, 2.24) is 14.5 Å². The standard InChI is InChI=1S/C23H21N3O5S/c27-21(15-4-5-16-17(13-15)31-11-10-30-16)19-20(18-3-1-12-32-18)26(23(29)22(19)28)8-2-7-25-9-6-24-14-25/h1,3-6,9,12-14,20,27H,2,7-8,10-11H2/t20-/m1/s1. The van der Waals surface area contributed by atoms with Gasteiger partial charge in [0.15, 0.2) is 11.5 Å². The summed E-state index contributed by atoms with van der Waals surface area (Å²) < 4.78 is 13.1. The lowest BCUT2D eigenvalue weighted by Crippen LogP contribution is -2.31. The van der Waals surface area contributed by atoms with E-state index in [0.717, 1.165) is 4.88 Å². The largest absolute Gasteiger partial charge is 0.507 e. The summed E-state index contributed by atoms with van der Waals surface area (Å²) in [5.41, 5.74) is 0.504. The van der Waals surface area contributed by atoms with Crippen molar-refractivity contribution in [3.8, 4) is 11.5 Å². The Morgan fingerprint density at radius 3 is 2.75 bits per heavy atom. The molecule has 8 nitrogen and oxygen atoms in total. The number of thiophene rings is 1. The minimum absolute atomic E-state index is 0.0942. The third-order valence-electron chi connectivity index (χ3n) is 5.54. The number of fused-ring (bicyclic) bond motifs is 1. The molecule has 2 aliphatic heterocycles. The Balaban J connectivity index is 1.49. The van der Waals surface area contributed by atoms with Gasteiger partial charge < -0.3 is 24.0 Å². The number of aryl methyl sites for hydroxylation is 1. The molecule has 9 heteroatoms. The summed E-state index contributed by atoms with van der Waals surface area (Å²) >= 11 is 1.45. The predicted molar refractivity (Wildman–Crippen MR) is 118 cm³/mol. The van der Waals surface area contributed by atoms with Crippen molar-refractivity contribution in [2.75, 3.05) is 19.8 Å². The summed E-state index contributed by atoms with van der Waals surface area (Å²) in [7, 11) is 0. The summed E-state index contributed by atoms with van der Waals surface area (Å²) in [4.78, 5) is 32.4. The summed E-state index contributed by atoms with van der Waals surface area (Å²) in [6, 6.07) is 8.12. The molecule has 1 atom stereocenters. The third kappa shape index (κ3) is 3.64. The van der Waals surface area contributed by atoms with E-state index in [1.54, 1.807) is 35.6 Å². The van der Waals surface area contributed by atoms with Crippen LogP contribution in [0.15, 0.2) is 60.0 Å². The van der Waals surface area contributed by atoms with Gasteiger partial charge in [-0.05, 0) is 36.1 Å². The normalized spacial score (nSPS) is 19.5. The number of Topliss-reactive ketones (excluding diaryl/α,β-unsaturated/α-hetero) is 1. The van der Waals surface area contributed by atoms with Crippen LogP contribution >= 0.6 is 11.3 Å². The van der Waals surface area contributed by atoms with E-state index in [-0.39, 0.29) is 11.3 Å². The maximum absolute atomic E-state index is 13.0. The van der Waals surface area contributed by atoms with Gasteiger partial charge in [0.25, 0.3) is 11.7 Å². The molecule has 4 heterocycles. The van der Waals surface area contributed by atoms with Gasteiger partial charge in [0.1, 0.15) is 19.0 Å². The van der Waals surface area contributed by atoms with E-state index in [4.69, 9.17) is 9.47 Å². The van der Waals surface area contributed by atoms with E-state index in [1.807, 2.05) is 28.3 Å². The Bertz CT molecular complexity index is 1170. The second-order valence-electron chi connectivity index (χ2n) is 7.52. The van der Waals surface area contributed by atoms with Crippen molar-refractivity contribution in [1.29, 1.82) is 0 Å². The van der Waals surface area contributed by atoms with Crippen molar-refractivity contribution in [3.63, 3.8) is 0 Å². The van der Waals surface area contributed by atoms with Gasteiger partial charge in [-0.2, -0.15) is 0 Å². The number of hydrogen-bond donors (Lipinski definition) is 1. The molecule has 2 aliphatic rings. The van der Waals surface area contributed by atoms with Crippen LogP contribution in [0.3, 0.4) is 0 Å². The van der Waals surface area contributed by atoms with Crippen LogP contribution in [0.2, 0.25) is 0 Å². The van der Waals surface area contributed by atoms with E-state index in [0.29, 0.717) is 49.8 Å². The first-order valence-electron chi connectivity index (χ1n) is 10.3. The van der Waals surface area contributed by atoms with E-state index < -0.39 is 17.7 Å². The topological polar surface area (TPSA) is 93.9 Å². The van der Waals surface area contributed by atoms with Crippen LogP contribution in [0.1, 0.15) is 22.9 Å². The van der Waals surface area contributed by atoms with E-state index in [9.17, 15) is 14.7 Å². The van der Waals surface area contributed by atoms with Crippen LogP contribution in [0.25, 0.3) is 5.76 Å². The average molecular weight is 452 g/mol. The molecule has 32 heavy (non-hydrogen) atoms. The fourth-order valence-electron chi connectivity index (χ4n) is 4.04. The zero-order valence-electron chi connectivity index (χ0n) is 17.1. The maximum atomic E-state index is 13.0. The van der Waals surface area contributed by atoms with Crippen LogP contribution in [0, 0.1) is 0 Å². The smallest absolute Gasteiger partial charge is 0.295 e. The lowest BCUT2D eigenvalue weighted by molar-refractivity contribution is -0.139. The molecular formula is C23H21N3O5S. The fraction of sp³-hybridized carbons (Fsp3) is 0.261. The zero-order chi connectivity index (χ0) is 22.1. The Morgan fingerprint density at radius 1 is 1.16 bits per heavy atom. The number of carbonyl (C=O) groups is 2. The lowest BCUT2D eigenvalue weighted by atomic mass is 9.99. The number of ketones is 1. The molecule has 1 fully saturated rings. The van der Waals surface area contributed by atoms with Crippen molar-refractivity contribution < 1.29 is 24.2 Å². The molecule has 1 aromatic carbocycles. The van der Waals surface area contributed by atoms with Gasteiger partial charge in [0, 0.05) is 35.9 Å². The van der Waals surface area contributed by atoms with E-state index >= 15 is 0 Å². The average Bonchev–Trinajstić information content (AvgIpc) is 3.57. The van der Waals surface area contributed by atoms with Gasteiger partial charge >= 0.3 is 0 Å². The van der Waals surface area contributed by atoms with Gasteiger partial charge in [-0.1, -0.05) is 6.07 Å². The minimum Gasteiger partial charge on any atom is -0.507 e. The molecule has 0 unspecified atom stereocenters. The number of aliphatic hydroxyl groups excluding tert-OH is 1. The van der Waals surface area contributed by atoms with E-state index in [2.05, 4.69) is 4.98 Å². The van der Waals surface area contributed by atoms with E-state index in [1.165, 1.54) is 11.3 Å². The highest BCUT2D eigenvalue weighted by molar-refractivity contribution is 7.10. The Morgan fingerprint density at radius 2 is 2.00 bits per heavy atom. The summed E-state index contributed by atoms with van der Waals surface area (Å²) in [5, 5.41) is 13.0. The van der Waals surface area contributed by atoms with Crippen LogP contribution < -0.4 is 9.47 Å². The van der Waals surface area contributed by atoms with Gasteiger partial charge in [-0.25, -0.2) is 4.98 Å². The molecule has 1 amide bonds. The van der Waals surface area contributed by atoms with Gasteiger partial charge in [0.2, 0.25) is 0 Å². The predicted octanol–water partition coefficient (Wildman–Crippen LogP) is 3.23. The molecule has 5 rings (SSSR count). The number of benzene rings is 1. The Kier molecular flexibility index (Phi) is 5.40. The van der Waals surface area contributed by atoms with Crippen LogP contribution in [-0.2, 0) is 16.1 Å². The zero-order valence-corrected chi connectivity index (χ0v) is 18.0. The Hall–Kier alpha value is -3.59. The number of hydrogen-bond acceptors (Lipinski definition) is 7. The minimum atomic E-state index is -0.682. The molecule has 1 N–H and O–H groups in total. The quantitative estimate of drug-likeness (QED) is 0.351. The maximum Gasteiger partial charge on any atom is 0.295 e. The van der Waals surface area contributed by atoms with Crippen LogP contribution in [0.5, 0.6) is 11.5 Å². The number of ether oxygens (including phenoxy) is 2. The highest BCUT2D eigenvalue weighted by atomic mass is 32.1. The molecule has 164 valence electrons. The SMILES string of the molecule is O=C1C(=O)N(CCCn2ccnc2)[C@H](c2cccs2)C1=C(O)c1ccc2c(c1)OCCO2. The first-order chi connectivity index (χ1) is 15.6. The summed E-state index contributed by atoms with van der Waals surface area (Å²) in [5.74, 6) is -0.410. The number of nitrogens with zero attached hydrogens (tertiary/aromatic N) is 3. The molecule has 1 saturated heterocycles. The van der Waals surface area contributed by atoms with Crippen molar-refractivity contribution in [2.24, 2.45) is 0 Å². The highest BCUT2D eigenvalue weighted by Crippen LogP contribution is 2.42. The molecule has 0 radical (unpaired) electrons. The Labute approximate surface area is 188 Å². The van der Waals surface area contributed by atoms with Crippen LogP contribution in [0.4, 0.5) is 0 Å². The fourth-order valence-corrected chi connectivity index (χ4v) is 4.89. The van der Waals surface area contributed by atoms with Crippen molar-refractivity contribution >= 4 is 28.8 Å². The van der Waals surface area contributed by atoms with Gasteiger partial charge in [-0.3, -0.25) is 9.59 Å². The number of aliphatic hydroxyl groups is 1. The van der Waals surface area contributed by atoms with Gasteiger partial charge in [0.05, 0.1) is 17.9 Å². The second kappa shape index (κ2) is 8.51. The highest BCUT2D eigenvalue weighted by Gasteiger charge is 2.46. The lowest BCUT2D eigenvalue weighted by Gasteiger charge is -2.24. The molecular weight excluding hydrogens is 430 g/mol. The molecule has 0 saturated carbocycles.